The van der Waals surface area contributed by atoms with Crippen molar-refractivity contribution in [3.63, 3.8) is 0 Å². The number of H-pyrrole nitrogens is 1. The summed E-state index contributed by atoms with van der Waals surface area (Å²) in [6.45, 7) is 1.51. The smallest absolute Gasteiger partial charge is 0.345 e. The van der Waals surface area contributed by atoms with Crippen LogP contribution in [-0.2, 0) is 17.6 Å². The minimum Gasteiger partial charge on any atom is -0.353 e. The molecule has 0 bridgehead atoms. The number of fused-ring (bicyclic) bond motifs is 1. The number of hydrogen-bond acceptors (Lipinski definition) is 3. The molecule has 1 aromatic heterocycles. The van der Waals surface area contributed by atoms with Gasteiger partial charge in [0, 0.05) is 24.9 Å². The van der Waals surface area contributed by atoms with E-state index in [0.29, 0.717) is 0 Å². The molecule has 1 heterocycles. The number of carbonyl (C=O) groups excluding carboxylic acids is 1. The first kappa shape index (κ1) is 9.89. The maximum Gasteiger partial charge on any atom is 0.345 e. The van der Waals surface area contributed by atoms with Crippen LogP contribution in [0.15, 0.2) is 11.0 Å². The molecule has 0 saturated carbocycles. The van der Waals surface area contributed by atoms with Crippen LogP contribution in [0.5, 0.6) is 0 Å². The first-order chi connectivity index (χ1) is 7.15. The lowest BCUT2D eigenvalue weighted by Gasteiger charge is -2.23. The molecule has 5 nitrogen and oxygen atoms in total. The molecule has 1 amide bonds. The molecule has 2 N–H and O–H groups in total. The molecule has 2 rings (SSSR count). The first-order valence-corrected chi connectivity index (χ1v) is 4.99. The average Bonchev–Trinajstić information content (AvgIpc) is 2.17. The Morgan fingerprint density at radius 1 is 1.67 bits per heavy atom. The Kier molecular flexibility index (Phi) is 2.53. The van der Waals surface area contributed by atoms with E-state index in [0.717, 1.165) is 30.5 Å². The van der Waals surface area contributed by atoms with Gasteiger partial charge in [-0.3, -0.25) is 4.79 Å². The number of aromatic nitrogens is 2. The summed E-state index contributed by atoms with van der Waals surface area (Å²) in [5.74, 6) is -0.0131. The SMILES string of the molecule is CC(=O)N[C@@H]1CCc2[nH]c(=O)ncc2C1. The predicted octanol–water partition coefficient (Wildman–Crippen LogP) is -0.237. The molecule has 5 heteroatoms. The Bertz CT molecular complexity index is 439. The van der Waals surface area contributed by atoms with E-state index >= 15 is 0 Å². The van der Waals surface area contributed by atoms with Crippen molar-refractivity contribution in [3.05, 3.63) is 27.9 Å². The van der Waals surface area contributed by atoms with Crippen LogP contribution in [-0.4, -0.2) is 21.9 Å². The van der Waals surface area contributed by atoms with Crippen LogP contribution in [0.4, 0.5) is 0 Å². The van der Waals surface area contributed by atoms with E-state index in [2.05, 4.69) is 15.3 Å². The third-order valence-electron chi connectivity index (χ3n) is 2.60. The molecule has 0 aromatic carbocycles. The third-order valence-corrected chi connectivity index (χ3v) is 2.60. The first-order valence-electron chi connectivity index (χ1n) is 4.99. The van der Waals surface area contributed by atoms with Gasteiger partial charge in [-0.15, -0.1) is 0 Å². The maximum absolute atomic E-state index is 11.0. The Labute approximate surface area is 86.9 Å². The van der Waals surface area contributed by atoms with Gasteiger partial charge in [-0.05, 0) is 24.8 Å². The number of carbonyl (C=O) groups is 1. The van der Waals surface area contributed by atoms with E-state index in [-0.39, 0.29) is 17.6 Å². The molecule has 0 saturated heterocycles. The lowest BCUT2D eigenvalue weighted by molar-refractivity contribution is -0.119. The Morgan fingerprint density at radius 2 is 2.47 bits per heavy atom. The van der Waals surface area contributed by atoms with Gasteiger partial charge in [0.05, 0.1) is 0 Å². The quantitative estimate of drug-likeness (QED) is 0.667. The highest BCUT2D eigenvalue weighted by molar-refractivity contribution is 5.73. The molecule has 0 unspecified atom stereocenters. The van der Waals surface area contributed by atoms with Gasteiger partial charge in [0.2, 0.25) is 5.91 Å². The van der Waals surface area contributed by atoms with E-state index in [1.165, 1.54) is 6.92 Å². The number of hydrogen-bond donors (Lipinski definition) is 2. The van der Waals surface area contributed by atoms with Crippen molar-refractivity contribution in [3.8, 4) is 0 Å². The van der Waals surface area contributed by atoms with Crippen LogP contribution in [0.25, 0.3) is 0 Å². The number of amides is 1. The number of aromatic amines is 1. The molecule has 1 aromatic rings. The summed E-state index contributed by atoms with van der Waals surface area (Å²) in [4.78, 5) is 28.3. The summed E-state index contributed by atoms with van der Waals surface area (Å²) in [6.07, 6.45) is 4.01. The van der Waals surface area contributed by atoms with Crippen LogP contribution in [0.2, 0.25) is 0 Å². The predicted molar refractivity (Wildman–Crippen MR) is 54.5 cm³/mol. The fourth-order valence-electron chi connectivity index (χ4n) is 1.95. The van der Waals surface area contributed by atoms with Crippen LogP contribution < -0.4 is 11.0 Å². The van der Waals surface area contributed by atoms with Gasteiger partial charge >= 0.3 is 5.69 Å². The van der Waals surface area contributed by atoms with Crippen LogP contribution in [0, 0.1) is 0 Å². The average molecular weight is 207 g/mol. The van der Waals surface area contributed by atoms with Crippen molar-refractivity contribution < 1.29 is 4.79 Å². The zero-order chi connectivity index (χ0) is 10.8. The Hall–Kier alpha value is -1.65. The van der Waals surface area contributed by atoms with Crippen molar-refractivity contribution in [2.45, 2.75) is 32.2 Å². The van der Waals surface area contributed by atoms with Gasteiger partial charge in [0.25, 0.3) is 0 Å². The standard InChI is InChI=1S/C10H13N3O2/c1-6(14)12-8-2-3-9-7(4-8)5-11-10(15)13-9/h5,8H,2-4H2,1H3,(H,12,14)(H,11,13,15)/t8-/m1/s1. The second kappa shape index (κ2) is 3.84. The molecular formula is C10H13N3O2. The number of nitrogens with one attached hydrogen (secondary N) is 2. The summed E-state index contributed by atoms with van der Waals surface area (Å²) in [7, 11) is 0. The molecule has 0 spiro atoms. The minimum atomic E-state index is -0.299. The number of nitrogens with zero attached hydrogens (tertiary/aromatic N) is 1. The molecule has 80 valence electrons. The maximum atomic E-state index is 11.0. The molecule has 0 fully saturated rings. The van der Waals surface area contributed by atoms with Crippen molar-refractivity contribution in [2.75, 3.05) is 0 Å². The van der Waals surface area contributed by atoms with E-state index in [9.17, 15) is 9.59 Å². The minimum absolute atomic E-state index is 0.0131. The second-order valence-electron chi connectivity index (χ2n) is 3.83. The molecule has 1 aliphatic rings. The molecule has 0 radical (unpaired) electrons. The van der Waals surface area contributed by atoms with Gasteiger partial charge in [0.1, 0.15) is 0 Å². The van der Waals surface area contributed by atoms with E-state index in [4.69, 9.17) is 0 Å². The molecule has 15 heavy (non-hydrogen) atoms. The van der Waals surface area contributed by atoms with E-state index in [1.54, 1.807) is 6.20 Å². The molecular weight excluding hydrogens is 194 g/mol. The zero-order valence-corrected chi connectivity index (χ0v) is 8.54. The summed E-state index contributed by atoms with van der Waals surface area (Å²) in [5, 5.41) is 2.88. The van der Waals surface area contributed by atoms with Crippen molar-refractivity contribution in [2.24, 2.45) is 0 Å². The molecule has 0 aliphatic heterocycles. The highest BCUT2D eigenvalue weighted by atomic mass is 16.1. The van der Waals surface area contributed by atoms with Crippen molar-refractivity contribution >= 4 is 5.91 Å². The fourth-order valence-corrected chi connectivity index (χ4v) is 1.95. The normalized spacial score (nSPS) is 19.4. The highest BCUT2D eigenvalue weighted by Gasteiger charge is 2.19. The van der Waals surface area contributed by atoms with Crippen molar-refractivity contribution in [1.29, 1.82) is 0 Å². The number of aryl methyl sites for hydroxylation is 1. The fraction of sp³-hybridized carbons (Fsp3) is 0.500. The molecule has 1 aliphatic carbocycles. The van der Waals surface area contributed by atoms with Crippen LogP contribution >= 0.6 is 0 Å². The van der Waals surface area contributed by atoms with Crippen LogP contribution in [0.1, 0.15) is 24.6 Å². The second-order valence-corrected chi connectivity index (χ2v) is 3.83. The Balaban J connectivity index is 2.16. The van der Waals surface area contributed by atoms with E-state index in [1.807, 2.05) is 0 Å². The lowest BCUT2D eigenvalue weighted by Crippen LogP contribution is -2.38. The lowest BCUT2D eigenvalue weighted by atomic mass is 9.93. The highest BCUT2D eigenvalue weighted by Crippen LogP contribution is 2.17. The largest absolute Gasteiger partial charge is 0.353 e. The summed E-state index contributed by atoms with van der Waals surface area (Å²) < 4.78 is 0. The zero-order valence-electron chi connectivity index (χ0n) is 8.54. The monoisotopic (exact) mass is 207 g/mol. The molecule has 1 atom stereocenters. The topological polar surface area (TPSA) is 74.8 Å². The van der Waals surface area contributed by atoms with Gasteiger partial charge in [-0.1, -0.05) is 0 Å². The van der Waals surface area contributed by atoms with Crippen molar-refractivity contribution in [1.82, 2.24) is 15.3 Å². The van der Waals surface area contributed by atoms with Gasteiger partial charge in [0.15, 0.2) is 0 Å². The van der Waals surface area contributed by atoms with E-state index < -0.39 is 0 Å². The van der Waals surface area contributed by atoms with Gasteiger partial charge in [-0.25, -0.2) is 9.78 Å². The summed E-state index contributed by atoms with van der Waals surface area (Å²) in [5.41, 5.74) is 1.68. The van der Waals surface area contributed by atoms with Gasteiger partial charge in [-0.2, -0.15) is 0 Å². The Morgan fingerprint density at radius 3 is 3.20 bits per heavy atom. The van der Waals surface area contributed by atoms with Crippen LogP contribution in [0.3, 0.4) is 0 Å². The van der Waals surface area contributed by atoms with Gasteiger partial charge < -0.3 is 10.3 Å². The summed E-state index contributed by atoms with van der Waals surface area (Å²) in [6, 6.07) is 0.169. The third kappa shape index (κ3) is 2.23. The number of rotatable bonds is 1. The summed E-state index contributed by atoms with van der Waals surface area (Å²) >= 11 is 0.